The number of hydrogen-bond donors (Lipinski definition) is 2. The van der Waals surface area contributed by atoms with E-state index in [1.54, 1.807) is 24.3 Å². The Morgan fingerprint density at radius 2 is 1.83 bits per heavy atom. The maximum absolute atomic E-state index is 13.2. The van der Waals surface area contributed by atoms with Gasteiger partial charge in [-0.25, -0.2) is 4.79 Å². The lowest BCUT2D eigenvalue weighted by atomic mass is 9.59. The molecule has 1 amide bonds. The van der Waals surface area contributed by atoms with E-state index in [1.807, 2.05) is 6.07 Å². The molecule has 2 bridgehead atoms. The van der Waals surface area contributed by atoms with Gasteiger partial charge in [-0.05, 0) is 18.9 Å². The van der Waals surface area contributed by atoms with E-state index in [2.05, 4.69) is 5.32 Å². The van der Waals surface area contributed by atoms with Gasteiger partial charge in [0.1, 0.15) is 17.2 Å². The smallest absolute Gasteiger partial charge is 0.350 e. The number of rotatable bonds is 8. The van der Waals surface area contributed by atoms with Crippen molar-refractivity contribution in [1.82, 2.24) is 5.32 Å². The number of ether oxygens (including phenoxy) is 5. The number of carbonyl (C=O) groups excluding carboxylic acids is 3. The van der Waals surface area contributed by atoms with Crippen LogP contribution < -0.4 is 5.32 Å². The molecule has 1 aliphatic heterocycles. The minimum Gasteiger partial charge on any atom is -0.454 e. The van der Waals surface area contributed by atoms with Gasteiger partial charge in [-0.1, -0.05) is 65.1 Å². The molecule has 13 heteroatoms. The molecule has 0 radical (unpaired) electrons. The van der Waals surface area contributed by atoms with Gasteiger partial charge in [-0.2, -0.15) is 0 Å². The molecule has 1 saturated carbocycles. The molecule has 2 N–H and O–H groups in total. The first-order valence-corrected chi connectivity index (χ1v) is 12.1. The van der Waals surface area contributed by atoms with Gasteiger partial charge in [0.05, 0.1) is 6.61 Å². The first kappa shape index (κ1) is 28.9. The number of methoxy groups -OCH3 is 2. The number of aliphatic hydroxyl groups is 1. The summed E-state index contributed by atoms with van der Waals surface area (Å²) in [5, 5.41) is 14.0. The Hall–Kier alpha value is -1.66. The third kappa shape index (κ3) is 5.60. The molecule has 0 aromatic heterocycles. The molecule has 1 aliphatic carbocycles. The topological polar surface area (TPSA) is 130 Å². The number of nitrogens with one attached hydrogen (secondary N) is 1. The van der Waals surface area contributed by atoms with E-state index >= 15 is 0 Å². The SMILES string of the molecule is COC(OC)[C@H]1C[C@](C)(O)[C@H]2OC(=O)[C@@H](OC(C)=O)[C@]1(NC(=O)C(Cl)(Cl)Cl)C2OCc1ccccc1. The second-order valence-electron chi connectivity index (χ2n) is 8.96. The molecule has 3 rings (SSSR count). The molecule has 2 fully saturated rings. The van der Waals surface area contributed by atoms with E-state index in [0.29, 0.717) is 0 Å². The number of esters is 2. The van der Waals surface area contributed by atoms with Crippen molar-refractivity contribution >= 4 is 52.6 Å². The maximum Gasteiger partial charge on any atom is 0.350 e. The van der Waals surface area contributed by atoms with Gasteiger partial charge in [0.2, 0.25) is 6.10 Å². The van der Waals surface area contributed by atoms with E-state index in [-0.39, 0.29) is 13.0 Å². The highest BCUT2D eigenvalue weighted by molar-refractivity contribution is 6.76. The Kier molecular flexibility index (Phi) is 8.82. The third-order valence-electron chi connectivity index (χ3n) is 6.43. The molecule has 1 heterocycles. The van der Waals surface area contributed by atoms with Crippen molar-refractivity contribution in [2.45, 2.75) is 66.4 Å². The lowest BCUT2D eigenvalue weighted by Crippen LogP contribution is -2.84. The minimum absolute atomic E-state index is 0.0227. The molecule has 6 atom stereocenters. The predicted octanol–water partition coefficient (Wildman–Crippen LogP) is 2.04. The van der Waals surface area contributed by atoms with Crippen molar-refractivity contribution in [2.24, 2.45) is 5.92 Å². The highest BCUT2D eigenvalue weighted by Crippen LogP contribution is 2.51. The van der Waals surface area contributed by atoms with Crippen LogP contribution in [-0.2, 0) is 44.7 Å². The van der Waals surface area contributed by atoms with Crippen LogP contribution in [0.15, 0.2) is 30.3 Å². The summed E-state index contributed by atoms with van der Waals surface area (Å²) in [4.78, 5) is 38.4. The second-order valence-corrected chi connectivity index (χ2v) is 11.2. The number of alkyl halides is 3. The van der Waals surface area contributed by atoms with Crippen molar-refractivity contribution in [2.75, 3.05) is 14.2 Å². The molecular formula is C23H28Cl3NO9. The zero-order chi connectivity index (χ0) is 26.9. The summed E-state index contributed by atoms with van der Waals surface area (Å²) in [5.41, 5.74) is -2.86. The predicted molar refractivity (Wildman–Crippen MR) is 128 cm³/mol. The Morgan fingerprint density at radius 3 is 2.36 bits per heavy atom. The van der Waals surface area contributed by atoms with Crippen LogP contribution in [0.2, 0.25) is 0 Å². The average Bonchev–Trinajstić information content (AvgIpc) is 2.79. The highest BCUT2D eigenvalue weighted by atomic mass is 35.6. The van der Waals surface area contributed by atoms with Crippen molar-refractivity contribution in [3.63, 3.8) is 0 Å². The van der Waals surface area contributed by atoms with Crippen LogP contribution in [0.1, 0.15) is 25.8 Å². The Labute approximate surface area is 223 Å². The highest BCUT2D eigenvalue weighted by Gasteiger charge is 2.73. The molecule has 10 nitrogen and oxygen atoms in total. The fraction of sp³-hybridized carbons (Fsp3) is 0.609. The van der Waals surface area contributed by atoms with Crippen molar-refractivity contribution in [1.29, 1.82) is 0 Å². The fourth-order valence-electron chi connectivity index (χ4n) is 4.97. The molecule has 1 unspecified atom stereocenters. The third-order valence-corrected chi connectivity index (χ3v) is 6.95. The largest absolute Gasteiger partial charge is 0.454 e. The number of amides is 1. The van der Waals surface area contributed by atoms with Crippen LogP contribution in [-0.4, -0.2) is 76.7 Å². The van der Waals surface area contributed by atoms with Gasteiger partial charge in [0.25, 0.3) is 9.70 Å². The maximum atomic E-state index is 13.2. The van der Waals surface area contributed by atoms with E-state index in [1.165, 1.54) is 21.1 Å². The number of carbonyl (C=O) groups is 3. The van der Waals surface area contributed by atoms with Crippen LogP contribution in [0.5, 0.6) is 0 Å². The summed E-state index contributed by atoms with van der Waals surface area (Å²) in [6.45, 7) is 2.51. The molecule has 36 heavy (non-hydrogen) atoms. The van der Waals surface area contributed by atoms with Crippen LogP contribution in [0.3, 0.4) is 0 Å². The summed E-state index contributed by atoms with van der Waals surface area (Å²) < 4.78 is 25.7. The Bertz CT molecular complexity index is 967. The molecule has 0 spiro atoms. The van der Waals surface area contributed by atoms with Gasteiger partial charge in [0, 0.05) is 27.1 Å². The van der Waals surface area contributed by atoms with Crippen molar-refractivity contribution in [3.8, 4) is 0 Å². The minimum atomic E-state index is -2.46. The fourth-order valence-corrected chi connectivity index (χ4v) is 5.11. The summed E-state index contributed by atoms with van der Waals surface area (Å²) in [6.07, 6.45) is -5.61. The van der Waals surface area contributed by atoms with Gasteiger partial charge in [-0.15, -0.1) is 0 Å². The lowest BCUT2D eigenvalue weighted by Gasteiger charge is -2.61. The molecular weight excluding hydrogens is 541 g/mol. The summed E-state index contributed by atoms with van der Waals surface area (Å²) in [7, 11) is 2.67. The number of benzene rings is 1. The monoisotopic (exact) mass is 567 g/mol. The first-order chi connectivity index (χ1) is 16.8. The summed E-state index contributed by atoms with van der Waals surface area (Å²) >= 11 is 17.6. The van der Waals surface area contributed by atoms with Crippen LogP contribution in [0.25, 0.3) is 0 Å². The summed E-state index contributed by atoms with van der Waals surface area (Å²) in [6, 6.07) is 9.01. The van der Waals surface area contributed by atoms with E-state index < -0.39 is 63.3 Å². The van der Waals surface area contributed by atoms with Crippen molar-refractivity contribution < 1.29 is 43.2 Å². The molecule has 1 aromatic rings. The normalized spacial score (nSPS) is 32.1. The second kappa shape index (κ2) is 11.0. The van der Waals surface area contributed by atoms with Gasteiger partial charge in [0.15, 0.2) is 12.4 Å². The standard InChI is InChI=1S/C23H28Cl3NO9/c1-12(28)35-17-18(29)36-15-16(34-11-13-8-6-5-7-9-13)22(17,27-20(30)23(24,25)26)14(10-21(15,2)31)19(32-3)33-4/h5-9,14-17,19,31H,10-11H2,1-4H3,(H,27,30)/t14-,15+,16?,17-,21+,22-/m1/s1. The van der Waals surface area contributed by atoms with Gasteiger partial charge >= 0.3 is 11.9 Å². The van der Waals surface area contributed by atoms with Crippen LogP contribution in [0, 0.1) is 5.92 Å². The van der Waals surface area contributed by atoms with E-state index in [0.717, 1.165) is 12.5 Å². The van der Waals surface area contributed by atoms with Crippen molar-refractivity contribution in [3.05, 3.63) is 35.9 Å². The van der Waals surface area contributed by atoms with E-state index in [9.17, 15) is 19.5 Å². The Balaban J connectivity index is 2.24. The quantitative estimate of drug-likeness (QED) is 0.275. The van der Waals surface area contributed by atoms with Gasteiger partial charge in [-0.3, -0.25) is 9.59 Å². The zero-order valence-corrected chi connectivity index (χ0v) is 22.3. The average molecular weight is 569 g/mol. The molecule has 1 aromatic carbocycles. The number of fused-ring (bicyclic) bond motifs is 2. The molecule has 1 saturated heterocycles. The Morgan fingerprint density at radius 1 is 1.22 bits per heavy atom. The van der Waals surface area contributed by atoms with Crippen LogP contribution in [0.4, 0.5) is 0 Å². The van der Waals surface area contributed by atoms with Gasteiger partial charge < -0.3 is 34.1 Å². The van der Waals surface area contributed by atoms with Crippen LogP contribution >= 0.6 is 34.8 Å². The first-order valence-electron chi connectivity index (χ1n) is 11.0. The van der Waals surface area contributed by atoms with E-state index in [4.69, 9.17) is 58.5 Å². The number of halogens is 3. The lowest BCUT2D eigenvalue weighted by molar-refractivity contribution is -0.297. The summed E-state index contributed by atoms with van der Waals surface area (Å²) in [5.74, 6) is -4.05. The number of hydrogen-bond acceptors (Lipinski definition) is 9. The molecule has 200 valence electrons. The molecule has 2 aliphatic rings. The zero-order valence-electron chi connectivity index (χ0n) is 20.0.